The Morgan fingerprint density at radius 2 is 1.83 bits per heavy atom. The quantitative estimate of drug-likeness (QED) is 0.844. The summed E-state index contributed by atoms with van der Waals surface area (Å²) in [5.41, 5.74) is 2.86. The van der Waals surface area contributed by atoms with Gasteiger partial charge in [0.05, 0.1) is 5.56 Å². The Labute approximate surface area is 136 Å². The molecule has 0 atom stereocenters. The van der Waals surface area contributed by atoms with Gasteiger partial charge in [0.2, 0.25) is 5.91 Å². The van der Waals surface area contributed by atoms with Crippen LogP contribution in [-0.2, 0) is 11.2 Å². The highest BCUT2D eigenvalue weighted by Gasteiger charge is 2.11. The lowest BCUT2D eigenvalue weighted by Gasteiger charge is -2.10. The molecule has 0 spiro atoms. The van der Waals surface area contributed by atoms with Crippen LogP contribution < -0.4 is 5.32 Å². The highest BCUT2D eigenvalue weighted by molar-refractivity contribution is 5.92. The molecule has 4 heteroatoms. The lowest BCUT2D eigenvalue weighted by molar-refractivity contribution is -0.116. The fourth-order valence-corrected chi connectivity index (χ4v) is 2.39. The van der Waals surface area contributed by atoms with Crippen molar-refractivity contribution in [1.29, 1.82) is 0 Å². The van der Waals surface area contributed by atoms with Gasteiger partial charge in [0.1, 0.15) is 0 Å². The number of amides is 1. The Bertz CT molecular complexity index is 707. The monoisotopic (exact) mass is 311 g/mol. The molecule has 2 aromatic rings. The van der Waals surface area contributed by atoms with Crippen LogP contribution in [0.3, 0.4) is 0 Å². The maximum absolute atomic E-state index is 12.1. The van der Waals surface area contributed by atoms with Crippen molar-refractivity contribution < 1.29 is 14.7 Å². The Morgan fingerprint density at radius 1 is 1.09 bits per heavy atom. The van der Waals surface area contributed by atoms with E-state index in [0.29, 0.717) is 17.9 Å². The molecule has 0 heterocycles. The first-order valence-electron chi connectivity index (χ1n) is 7.68. The molecule has 4 nitrogen and oxygen atoms in total. The van der Waals surface area contributed by atoms with Gasteiger partial charge in [0.15, 0.2) is 0 Å². The molecule has 0 aliphatic heterocycles. The van der Waals surface area contributed by atoms with Crippen molar-refractivity contribution in [3.63, 3.8) is 0 Å². The van der Waals surface area contributed by atoms with Gasteiger partial charge in [0, 0.05) is 12.1 Å². The number of carbonyl (C=O) groups excluding carboxylic acids is 1. The molecule has 120 valence electrons. The topological polar surface area (TPSA) is 66.4 Å². The average molecular weight is 311 g/mol. The molecule has 2 aromatic carbocycles. The van der Waals surface area contributed by atoms with Crippen LogP contribution in [0.2, 0.25) is 0 Å². The van der Waals surface area contributed by atoms with Crippen LogP contribution in [0.5, 0.6) is 0 Å². The van der Waals surface area contributed by atoms with Crippen LogP contribution in [-0.4, -0.2) is 17.0 Å². The number of aromatic carboxylic acids is 1. The molecular weight excluding hydrogens is 290 g/mol. The van der Waals surface area contributed by atoms with E-state index in [1.165, 1.54) is 5.56 Å². The first kappa shape index (κ1) is 16.7. The van der Waals surface area contributed by atoms with Crippen molar-refractivity contribution in [2.24, 2.45) is 0 Å². The van der Waals surface area contributed by atoms with Gasteiger partial charge in [-0.25, -0.2) is 4.79 Å². The molecule has 0 aliphatic rings. The molecular formula is C19H21NO3. The molecule has 0 aromatic heterocycles. The third-order valence-electron chi connectivity index (χ3n) is 3.71. The molecule has 0 saturated heterocycles. The predicted molar refractivity (Wildman–Crippen MR) is 90.9 cm³/mol. The zero-order valence-electron chi connectivity index (χ0n) is 13.4. The Hall–Kier alpha value is -2.62. The number of hydrogen-bond donors (Lipinski definition) is 2. The van der Waals surface area contributed by atoms with Gasteiger partial charge in [-0.05, 0) is 41.7 Å². The number of hydrogen-bond acceptors (Lipinski definition) is 2. The summed E-state index contributed by atoms with van der Waals surface area (Å²) in [6.07, 6.45) is 0.647. The molecule has 0 unspecified atom stereocenters. The summed E-state index contributed by atoms with van der Waals surface area (Å²) in [6.45, 7) is 4.20. The number of benzene rings is 2. The van der Waals surface area contributed by atoms with E-state index in [-0.39, 0.29) is 17.9 Å². The molecule has 0 saturated carbocycles. The normalized spacial score (nSPS) is 10.6. The highest BCUT2D eigenvalue weighted by atomic mass is 16.4. The number of rotatable bonds is 6. The van der Waals surface area contributed by atoms with E-state index in [2.05, 4.69) is 19.2 Å². The standard InChI is InChI=1S/C19H21NO3/c1-13(2)15-7-5-8-16(12-15)20-18(21)11-10-14-6-3-4-9-17(14)19(22)23/h3-9,12-13H,10-11H2,1-2H3,(H,20,21)(H,22,23). The second-order valence-electron chi connectivity index (χ2n) is 5.79. The molecule has 1 amide bonds. The largest absolute Gasteiger partial charge is 0.478 e. The van der Waals surface area contributed by atoms with Crippen molar-refractivity contribution in [3.8, 4) is 0 Å². The van der Waals surface area contributed by atoms with E-state index < -0.39 is 5.97 Å². The van der Waals surface area contributed by atoms with Crippen LogP contribution in [0.1, 0.15) is 47.7 Å². The minimum Gasteiger partial charge on any atom is -0.478 e. The van der Waals surface area contributed by atoms with E-state index in [0.717, 1.165) is 5.69 Å². The summed E-state index contributed by atoms with van der Waals surface area (Å²) in [4.78, 5) is 23.2. The molecule has 0 radical (unpaired) electrons. The summed E-state index contributed by atoms with van der Waals surface area (Å²) in [7, 11) is 0. The maximum atomic E-state index is 12.1. The zero-order chi connectivity index (χ0) is 16.8. The number of carbonyl (C=O) groups is 2. The molecule has 2 rings (SSSR count). The van der Waals surface area contributed by atoms with E-state index in [4.69, 9.17) is 5.11 Å². The van der Waals surface area contributed by atoms with Crippen molar-refractivity contribution in [3.05, 3.63) is 65.2 Å². The van der Waals surface area contributed by atoms with Gasteiger partial charge >= 0.3 is 5.97 Å². The first-order valence-corrected chi connectivity index (χ1v) is 7.68. The van der Waals surface area contributed by atoms with Crippen molar-refractivity contribution in [1.82, 2.24) is 0 Å². The lowest BCUT2D eigenvalue weighted by atomic mass is 10.0. The van der Waals surface area contributed by atoms with Gasteiger partial charge in [-0.15, -0.1) is 0 Å². The second kappa shape index (κ2) is 7.58. The lowest BCUT2D eigenvalue weighted by Crippen LogP contribution is -2.13. The van der Waals surface area contributed by atoms with Crippen molar-refractivity contribution in [2.75, 3.05) is 5.32 Å². The molecule has 0 bridgehead atoms. The summed E-state index contributed by atoms with van der Waals surface area (Å²) >= 11 is 0. The van der Waals surface area contributed by atoms with E-state index in [1.807, 2.05) is 24.3 Å². The fraction of sp³-hybridized carbons (Fsp3) is 0.263. The average Bonchev–Trinajstić information content (AvgIpc) is 2.53. The smallest absolute Gasteiger partial charge is 0.335 e. The van der Waals surface area contributed by atoms with Crippen LogP contribution in [0, 0.1) is 0 Å². The summed E-state index contributed by atoms with van der Waals surface area (Å²) < 4.78 is 0. The molecule has 0 fully saturated rings. The number of nitrogens with one attached hydrogen (secondary N) is 1. The molecule has 23 heavy (non-hydrogen) atoms. The number of carboxylic acids is 1. The summed E-state index contributed by atoms with van der Waals surface area (Å²) in [6, 6.07) is 14.5. The number of carboxylic acid groups (broad SMARTS) is 1. The first-order chi connectivity index (χ1) is 11.0. The summed E-state index contributed by atoms with van der Waals surface area (Å²) in [5, 5.41) is 12.0. The van der Waals surface area contributed by atoms with Crippen molar-refractivity contribution >= 4 is 17.6 Å². The Morgan fingerprint density at radius 3 is 2.52 bits per heavy atom. The van der Waals surface area contributed by atoms with Gasteiger partial charge in [-0.1, -0.05) is 44.2 Å². The van der Waals surface area contributed by atoms with Crippen molar-refractivity contribution in [2.45, 2.75) is 32.6 Å². The van der Waals surface area contributed by atoms with Gasteiger partial charge < -0.3 is 10.4 Å². The van der Waals surface area contributed by atoms with E-state index in [9.17, 15) is 9.59 Å². The van der Waals surface area contributed by atoms with Gasteiger partial charge in [0.25, 0.3) is 0 Å². The van der Waals surface area contributed by atoms with Crippen LogP contribution in [0.25, 0.3) is 0 Å². The third kappa shape index (κ3) is 4.68. The minimum atomic E-state index is -0.967. The van der Waals surface area contributed by atoms with Crippen LogP contribution in [0.15, 0.2) is 48.5 Å². The van der Waals surface area contributed by atoms with Crippen LogP contribution in [0.4, 0.5) is 5.69 Å². The summed E-state index contributed by atoms with van der Waals surface area (Å²) in [5.74, 6) is -0.689. The Balaban J connectivity index is 1.98. The SMILES string of the molecule is CC(C)c1cccc(NC(=O)CCc2ccccc2C(=O)O)c1. The predicted octanol–water partition coefficient (Wildman–Crippen LogP) is 4.08. The number of anilines is 1. The number of aryl methyl sites for hydroxylation is 1. The van der Waals surface area contributed by atoms with E-state index in [1.54, 1.807) is 24.3 Å². The second-order valence-corrected chi connectivity index (χ2v) is 5.79. The third-order valence-corrected chi connectivity index (χ3v) is 3.71. The Kier molecular flexibility index (Phi) is 5.52. The maximum Gasteiger partial charge on any atom is 0.335 e. The minimum absolute atomic E-state index is 0.119. The zero-order valence-corrected chi connectivity index (χ0v) is 13.4. The fourth-order valence-electron chi connectivity index (χ4n) is 2.39. The molecule has 2 N–H and O–H groups in total. The molecule has 0 aliphatic carbocycles. The van der Waals surface area contributed by atoms with Gasteiger partial charge in [-0.3, -0.25) is 4.79 Å². The van der Waals surface area contributed by atoms with Crippen LogP contribution >= 0.6 is 0 Å². The van der Waals surface area contributed by atoms with E-state index >= 15 is 0 Å². The van der Waals surface area contributed by atoms with Gasteiger partial charge in [-0.2, -0.15) is 0 Å². The highest BCUT2D eigenvalue weighted by Crippen LogP contribution is 2.19.